The van der Waals surface area contributed by atoms with Crippen LogP contribution in [0.25, 0.3) is 22.3 Å². The van der Waals surface area contributed by atoms with Crippen LogP contribution < -0.4 is 57.3 Å². The van der Waals surface area contributed by atoms with E-state index in [2.05, 4.69) is 274 Å². The van der Waals surface area contributed by atoms with E-state index in [4.69, 9.17) is 0 Å². The number of para-hydroxylation sites is 7. The molecule has 4 aliphatic rings. The fourth-order valence-electron chi connectivity index (χ4n) is 15.0. The Hall–Kier alpha value is -11.6. The number of halogens is 2. The van der Waals surface area contributed by atoms with Crippen LogP contribution in [0.4, 0.5) is 94.1 Å². The predicted octanol–water partition coefficient (Wildman–Crippen LogP) is 19.1. The average molecular weight is 1230 g/mol. The van der Waals surface area contributed by atoms with E-state index < -0.39 is 25.1 Å². The number of rotatable bonds is 11. The SMILES string of the molecule is Fc1ccccc1N1c2cc(N(c3ccccc3)c3ccccc3)cc3c2B(c2ccccc2N3c2ccccc2)c2cc3c(c(F)c21)Sc1cc(N(c2ccc(-c4ccccc4)cc2)c2cccc(-c4ccccc4)c2)cc2c1B3c1ccccc1N2c1ccccc1. The van der Waals surface area contributed by atoms with Gasteiger partial charge in [0.25, 0.3) is 6.71 Å². The Labute approximate surface area is 550 Å². The second-order valence-electron chi connectivity index (χ2n) is 24.2. The average Bonchev–Trinajstić information content (AvgIpc) is 0.686. The van der Waals surface area contributed by atoms with Crippen LogP contribution in [0.5, 0.6) is 0 Å². The van der Waals surface area contributed by atoms with Crippen molar-refractivity contribution in [1.29, 1.82) is 0 Å². The van der Waals surface area contributed by atoms with Crippen LogP contribution in [0.15, 0.2) is 343 Å². The fourth-order valence-corrected chi connectivity index (χ4v) is 16.2. The van der Waals surface area contributed by atoms with Gasteiger partial charge >= 0.3 is 0 Å². The molecule has 442 valence electrons. The van der Waals surface area contributed by atoms with Crippen molar-refractivity contribution in [3.05, 3.63) is 345 Å². The Morgan fingerprint density at radius 3 is 1.27 bits per heavy atom. The molecule has 0 bridgehead atoms. The minimum Gasteiger partial charge on any atom is -0.311 e. The number of fused-ring (bicyclic) bond motifs is 8. The molecule has 0 saturated carbocycles. The molecule has 0 amide bonds. The lowest BCUT2D eigenvalue weighted by atomic mass is 9.31. The van der Waals surface area contributed by atoms with E-state index in [0.29, 0.717) is 16.3 Å². The molecule has 0 N–H and O–H groups in total. The van der Waals surface area contributed by atoms with Crippen molar-refractivity contribution < 1.29 is 8.78 Å². The third kappa shape index (κ3) is 9.00. The second kappa shape index (κ2) is 22.7. The zero-order valence-electron chi connectivity index (χ0n) is 50.8. The largest absolute Gasteiger partial charge is 0.311 e. The molecule has 0 aromatic heterocycles. The maximum Gasteiger partial charge on any atom is 0.252 e. The van der Waals surface area contributed by atoms with Gasteiger partial charge in [-0.05, 0) is 171 Å². The van der Waals surface area contributed by atoms with Gasteiger partial charge in [0, 0.05) is 78.0 Å². The van der Waals surface area contributed by atoms with Crippen LogP contribution in [0, 0.1) is 11.6 Å². The highest BCUT2D eigenvalue weighted by Gasteiger charge is 2.49. The molecule has 0 radical (unpaired) electrons. The minimum absolute atomic E-state index is 0.246. The first-order chi connectivity index (χ1) is 46.5. The molecule has 14 aromatic carbocycles. The Bertz CT molecular complexity index is 5210. The Morgan fingerprint density at radius 2 is 0.691 bits per heavy atom. The van der Waals surface area contributed by atoms with Crippen molar-refractivity contribution in [2.24, 2.45) is 0 Å². The number of hydrogen-bond acceptors (Lipinski definition) is 6. The predicted molar refractivity (Wildman–Crippen MR) is 391 cm³/mol. The van der Waals surface area contributed by atoms with E-state index in [1.54, 1.807) is 12.1 Å². The van der Waals surface area contributed by atoms with E-state index in [0.717, 1.165) is 128 Å². The zero-order valence-corrected chi connectivity index (χ0v) is 51.6. The van der Waals surface area contributed by atoms with Crippen LogP contribution in [0.2, 0.25) is 0 Å². The first-order valence-corrected chi connectivity index (χ1v) is 32.7. The number of nitrogens with zero attached hydrogens (tertiary/aromatic N) is 5. The lowest BCUT2D eigenvalue weighted by Gasteiger charge is -2.46. The highest BCUT2D eigenvalue weighted by Crippen LogP contribution is 2.53. The van der Waals surface area contributed by atoms with Crippen molar-refractivity contribution >= 4 is 143 Å². The molecule has 4 aliphatic heterocycles. The zero-order chi connectivity index (χ0) is 62.4. The van der Waals surface area contributed by atoms with Crippen LogP contribution in [-0.4, -0.2) is 13.4 Å². The molecule has 0 saturated heterocycles. The maximum absolute atomic E-state index is 20.3. The van der Waals surface area contributed by atoms with Gasteiger partial charge in [-0.25, -0.2) is 8.78 Å². The van der Waals surface area contributed by atoms with Crippen molar-refractivity contribution in [2.45, 2.75) is 9.79 Å². The van der Waals surface area contributed by atoms with Crippen LogP contribution in [0.3, 0.4) is 0 Å². The van der Waals surface area contributed by atoms with Gasteiger partial charge in [-0.2, -0.15) is 0 Å². The Balaban J connectivity index is 0.911. The molecule has 14 aromatic rings. The number of anilines is 15. The third-order valence-corrected chi connectivity index (χ3v) is 20.1. The Kier molecular flexibility index (Phi) is 13.3. The van der Waals surface area contributed by atoms with Crippen LogP contribution >= 0.6 is 11.8 Å². The molecule has 4 heterocycles. The van der Waals surface area contributed by atoms with Crippen molar-refractivity contribution in [2.75, 3.05) is 24.5 Å². The summed E-state index contributed by atoms with van der Waals surface area (Å²) in [7, 11) is 0. The van der Waals surface area contributed by atoms with Crippen LogP contribution in [-0.2, 0) is 0 Å². The fraction of sp³-hybridized carbons (Fsp3) is 0. The standard InChI is InChI=1S/C84H55B2F2N5S/c87-72-42-21-24-45-75(72)93-77-52-66(89(60-31-11-3-12-32-60)61-33-13-4-14-34-61)51-76-80(77)85(68-40-19-22-43-73(68)91(76)62-35-15-5-16-36-62)70-55-71-84(82(88)83(70)93)94-79-54-67(53-78-81(79)86(71)69-41-20-23-44-74(69)92(78)63-37-17-6-18-38-63)90(64-48-46-58(47-49-64)56-26-7-1-8-27-56)65-39-25-30-59(50-65)57-28-9-2-10-29-57/h1-55H. The van der Waals surface area contributed by atoms with Gasteiger partial charge in [0.1, 0.15) is 5.82 Å². The van der Waals surface area contributed by atoms with E-state index in [1.807, 2.05) is 65.6 Å². The smallest absolute Gasteiger partial charge is 0.252 e. The van der Waals surface area contributed by atoms with Gasteiger partial charge < -0.3 is 24.5 Å². The highest BCUT2D eigenvalue weighted by atomic mass is 32.2. The lowest BCUT2D eigenvalue weighted by molar-refractivity contribution is 0.603. The van der Waals surface area contributed by atoms with Crippen LogP contribution in [0.1, 0.15) is 0 Å². The van der Waals surface area contributed by atoms with Gasteiger partial charge in [-0.3, -0.25) is 0 Å². The third-order valence-electron chi connectivity index (χ3n) is 18.9. The molecule has 0 spiro atoms. The monoisotopic (exact) mass is 1230 g/mol. The quantitative estimate of drug-likeness (QED) is 0.119. The summed E-state index contributed by atoms with van der Waals surface area (Å²) < 4.78 is 38.0. The summed E-state index contributed by atoms with van der Waals surface area (Å²) in [6.45, 7) is -0.905. The van der Waals surface area contributed by atoms with Gasteiger partial charge in [-0.15, -0.1) is 0 Å². The molecule has 0 aliphatic carbocycles. The molecule has 0 fully saturated rings. The van der Waals surface area contributed by atoms with Crippen molar-refractivity contribution in [3.8, 4) is 22.3 Å². The summed E-state index contributed by atoms with van der Waals surface area (Å²) in [5.74, 6) is -0.876. The molecule has 94 heavy (non-hydrogen) atoms. The lowest BCUT2D eigenvalue weighted by Crippen LogP contribution is -2.65. The normalized spacial score (nSPS) is 12.9. The van der Waals surface area contributed by atoms with Crippen molar-refractivity contribution in [3.63, 3.8) is 0 Å². The summed E-state index contributed by atoms with van der Waals surface area (Å²) >= 11 is 1.47. The van der Waals surface area contributed by atoms with E-state index >= 15 is 8.78 Å². The summed E-state index contributed by atoms with van der Waals surface area (Å²) in [5, 5.41) is 0. The van der Waals surface area contributed by atoms with Gasteiger partial charge in [0.15, 0.2) is 5.82 Å². The maximum atomic E-state index is 20.3. The highest BCUT2D eigenvalue weighted by molar-refractivity contribution is 8.00. The van der Waals surface area contributed by atoms with Gasteiger partial charge in [-0.1, -0.05) is 230 Å². The molecule has 0 atom stereocenters. The molecule has 5 nitrogen and oxygen atoms in total. The number of hydrogen-bond donors (Lipinski definition) is 0. The molecule has 18 rings (SSSR count). The first-order valence-electron chi connectivity index (χ1n) is 31.8. The van der Waals surface area contributed by atoms with E-state index in [-0.39, 0.29) is 5.69 Å². The molecular formula is C84H55B2F2N5S. The minimum atomic E-state index is -0.490. The summed E-state index contributed by atoms with van der Waals surface area (Å²) in [4.78, 5) is 12.6. The topological polar surface area (TPSA) is 16.2 Å². The van der Waals surface area contributed by atoms with Crippen molar-refractivity contribution in [1.82, 2.24) is 0 Å². The summed E-state index contributed by atoms with van der Waals surface area (Å²) in [6.07, 6.45) is 0. The number of benzene rings is 14. The van der Waals surface area contributed by atoms with Gasteiger partial charge in [0.2, 0.25) is 6.71 Å². The summed E-state index contributed by atoms with van der Waals surface area (Å²) in [6, 6.07) is 116. The molecule has 10 heteroatoms. The van der Waals surface area contributed by atoms with Gasteiger partial charge in [0.05, 0.1) is 17.1 Å². The second-order valence-corrected chi connectivity index (χ2v) is 25.3. The van der Waals surface area contributed by atoms with E-state index in [9.17, 15) is 0 Å². The molecular weight excluding hydrogens is 1170 g/mol. The summed E-state index contributed by atoms with van der Waals surface area (Å²) in [5.41, 5.74) is 22.8. The Morgan fingerprint density at radius 1 is 0.277 bits per heavy atom. The van der Waals surface area contributed by atoms with E-state index in [1.165, 1.54) is 17.8 Å². The first kappa shape index (κ1) is 55.3. The molecule has 0 unspecified atom stereocenters.